The van der Waals surface area contributed by atoms with Gasteiger partial charge in [0.1, 0.15) is 12.6 Å². The third kappa shape index (κ3) is 9.21. The lowest BCUT2D eigenvalue weighted by atomic mass is 10.0. The summed E-state index contributed by atoms with van der Waals surface area (Å²) >= 11 is 9.59. The van der Waals surface area contributed by atoms with Gasteiger partial charge in [-0.3, -0.25) is 13.9 Å². The highest BCUT2D eigenvalue weighted by Crippen LogP contribution is 2.28. The molecule has 0 aliphatic rings. The molecular weight excluding hydrogens is 686 g/mol. The standard InChI is InChI=1S/C36H39BrClN3O4S/c1-25(2)22-39-36(43)34(21-28-9-6-5-7-10-28)40(23-29-11-8-12-30(37)20-29)35(42)24-41(32-16-13-26(3)27(4)19-32)46(44,45)33-17-14-31(38)15-18-33/h5-20,25,34H,21-24H2,1-4H3,(H,39,43)/t34-/m0/s1. The van der Waals surface area contributed by atoms with Gasteiger partial charge in [0.25, 0.3) is 10.0 Å². The highest BCUT2D eigenvalue weighted by atomic mass is 79.9. The monoisotopic (exact) mass is 723 g/mol. The third-order valence-electron chi connectivity index (χ3n) is 7.66. The number of rotatable bonds is 13. The third-order valence-corrected chi connectivity index (χ3v) is 10.2. The van der Waals surface area contributed by atoms with Gasteiger partial charge >= 0.3 is 0 Å². The van der Waals surface area contributed by atoms with Gasteiger partial charge in [-0.05, 0) is 90.6 Å². The Bertz CT molecular complexity index is 1770. The lowest BCUT2D eigenvalue weighted by Gasteiger charge is -2.34. The van der Waals surface area contributed by atoms with Crippen LogP contribution in [0.2, 0.25) is 5.02 Å². The molecule has 0 bridgehead atoms. The van der Waals surface area contributed by atoms with E-state index in [1.54, 1.807) is 12.1 Å². The molecule has 46 heavy (non-hydrogen) atoms. The van der Waals surface area contributed by atoms with Gasteiger partial charge in [0.15, 0.2) is 0 Å². The van der Waals surface area contributed by atoms with E-state index in [4.69, 9.17) is 11.6 Å². The average Bonchev–Trinajstić information content (AvgIpc) is 3.02. The van der Waals surface area contributed by atoms with Crippen molar-refractivity contribution in [1.82, 2.24) is 10.2 Å². The smallest absolute Gasteiger partial charge is 0.264 e. The van der Waals surface area contributed by atoms with Crippen LogP contribution in [0.25, 0.3) is 0 Å². The molecule has 0 aromatic heterocycles. The van der Waals surface area contributed by atoms with Crippen LogP contribution < -0.4 is 9.62 Å². The highest BCUT2D eigenvalue weighted by molar-refractivity contribution is 9.10. The molecule has 0 saturated carbocycles. The van der Waals surface area contributed by atoms with Gasteiger partial charge in [-0.25, -0.2) is 8.42 Å². The summed E-state index contributed by atoms with van der Waals surface area (Å²) in [6, 6.07) is 27.2. The molecule has 242 valence electrons. The van der Waals surface area contributed by atoms with Gasteiger partial charge in [-0.2, -0.15) is 0 Å². The Kier molecular flexibility index (Phi) is 12.1. The van der Waals surface area contributed by atoms with Crippen molar-refractivity contribution in [2.45, 2.75) is 51.6 Å². The molecule has 1 atom stereocenters. The zero-order chi connectivity index (χ0) is 33.4. The van der Waals surface area contributed by atoms with Crippen LogP contribution in [-0.2, 0) is 32.6 Å². The molecule has 0 radical (unpaired) electrons. The summed E-state index contributed by atoms with van der Waals surface area (Å²) in [5.74, 6) is -0.629. The fourth-order valence-electron chi connectivity index (χ4n) is 4.95. The highest BCUT2D eigenvalue weighted by Gasteiger charge is 2.34. The predicted octanol–water partition coefficient (Wildman–Crippen LogP) is 7.33. The van der Waals surface area contributed by atoms with Crippen molar-refractivity contribution in [2.75, 3.05) is 17.4 Å². The lowest BCUT2D eigenvalue weighted by Crippen LogP contribution is -2.53. The molecular formula is C36H39BrClN3O4S. The van der Waals surface area contributed by atoms with Gasteiger partial charge < -0.3 is 10.2 Å². The molecule has 0 fully saturated rings. The Morgan fingerprint density at radius 1 is 0.848 bits per heavy atom. The largest absolute Gasteiger partial charge is 0.354 e. The van der Waals surface area contributed by atoms with Crippen LogP contribution in [0.5, 0.6) is 0 Å². The van der Waals surface area contributed by atoms with Gasteiger partial charge in [0.2, 0.25) is 11.8 Å². The van der Waals surface area contributed by atoms with Gasteiger partial charge in [0.05, 0.1) is 10.6 Å². The molecule has 0 unspecified atom stereocenters. The van der Waals surface area contributed by atoms with Crippen molar-refractivity contribution >= 4 is 55.1 Å². The van der Waals surface area contributed by atoms with Gasteiger partial charge in [0, 0.05) is 29.0 Å². The number of hydrogen-bond acceptors (Lipinski definition) is 4. The second-order valence-corrected chi connectivity index (χ2v) is 14.9. The first-order valence-electron chi connectivity index (χ1n) is 15.1. The maximum Gasteiger partial charge on any atom is 0.264 e. The minimum Gasteiger partial charge on any atom is -0.354 e. The minimum absolute atomic E-state index is 0.00280. The SMILES string of the molecule is Cc1ccc(N(CC(=O)N(Cc2cccc(Br)c2)[C@@H](Cc2ccccc2)C(=O)NCC(C)C)S(=O)(=O)c2ccc(Cl)cc2)cc1C. The van der Waals surface area contributed by atoms with Gasteiger partial charge in [-0.15, -0.1) is 0 Å². The van der Waals surface area contributed by atoms with Crippen LogP contribution in [0.3, 0.4) is 0 Å². The number of carbonyl (C=O) groups is 2. The summed E-state index contributed by atoms with van der Waals surface area (Å²) in [4.78, 5) is 30.0. The number of nitrogens with zero attached hydrogens (tertiary/aromatic N) is 2. The number of benzene rings is 4. The quantitative estimate of drug-likeness (QED) is 0.157. The van der Waals surface area contributed by atoms with E-state index in [2.05, 4.69) is 21.2 Å². The molecule has 10 heteroatoms. The number of sulfonamides is 1. The minimum atomic E-state index is -4.22. The van der Waals surface area contributed by atoms with Crippen LogP contribution in [-0.4, -0.2) is 44.3 Å². The summed E-state index contributed by atoms with van der Waals surface area (Å²) in [7, 11) is -4.22. The molecule has 4 aromatic rings. The Morgan fingerprint density at radius 3 is 2.15 bits per heavy atom. The number of hydrogen-bond donors (Lipinski definition) is 1. The molecule has 0 saturated heterocycles. The lowest BCUT2D eigenvalue weighted by molar-refractivity contribution is -0.140. The van der Waals surface area contributed by atoms with E-state index in [9.17, 15) is 18.0 Å². The van der Waals surface area contributed by atoms with Crippen LogP contribution in [0, 0.1) is 19.8 Å². The molecule has 0 spiro atoms. The van der Waals surface area contributed by atoms with E-state index >= 15 is 0 Å². The average molecular weight is 725 g/mol. The zero-order valence-corrected chi connectivity index (χ0v) is 29.6. The summed E-state index contributed by atoms with van der Waals surface area (Å²) in [5, 5.41) is 3.40. The number of amides is 2. The second kappa shape index (κ2) is 15.8. The van der Waals surface area contributed by atoms with Crippen LogP contribution in [0.15, 0.2) is 106 Å². The number of carbonyl (C=O) groups excluding carboxylic acids is 2. The van der Waals surface area contributed by atoms with E-state index < -0.39 is 28.5 Å². The predicted molar refractivity (Wildman–Crippen MR) is 188 cm³/mol. The van der Waals surface area contributed by atoms with Gasteiger partial charge in [-0.1, -0.05) is 89.9 Å². The summed E-state index contributed by atoms with van der Waals surface area (Å²) in [6.07, 6.45) is 0.248. The molecule has 2 amide bonds. The Hall–Kier alpha value is -3.66. The first-order valence-corrected chi connectivity index (χ1v) is 17.7. The van der Waals surface area contributed by atoms with Crippen LogP contribution in [0.1, 0.15) is 36.1 Å². The fourth-order valence-corrected chi connectivity index (χ4v) is 6.93. The molecule has 7 nitrogen and oxygen atoms in total. The first-order chi connectivity index (χ1) is 21.8. The number of aryl methyl sites for hydroxylation is 2. The first kappa shape index (κ1) is 35.2. The maximum absolute atomic E-state index is 14.6. The van der Waals surface area contributed by atoms with Crippen molar-refractivity contribution in [3.63, 3.8) is 0 Å². The topological polar surface area (TPSA) is 86.8 Å². The maximum atomic E-state index is 14.6. The molecule has 0 heterocycles. The van der Waals surface area contributed by atoms with Crippen LogP contribution >= 0.6 is 27.5 Å². The number of halogens is 2. The summed E-state index contributed by atoms with van der Waals surface area (Å²) in [6.45, 7) is 7.83. The molecule has 0 aliphatic carbocycles. The van der Waals surface area contributed by atoms with Crippen molar-refractivity contribution in [3.05, 3.63) is 129 Å². The number of nitrogens with one attached hydrogen (secondary N) is 1. The van der Waals surface area contributed by atoms with E-state index in [0.29, 0.717) is 17.3 Å². The van der Waals surface area contributed by atoms with Crippen molar-refractivity contribution in [3.8, 4) is 0 Å². The van der Waals surface area contributed by atoms with Crippen molar-refractivity contribution < 1.29 is 18.0 Å². The normalized spacial score (nSPS) is 12.1. The molecule has 0 aliphatic heterocycles. The van der Waals surface area contributed by atoms with Crippen LogP contribution in [0.4, 0.5) is 5.69 Å². The Labute approximate surface area is 285 Å². The fraction of sp³-hybridized carbons (Fsp3) is 0.278. The van der Waals surface area contributed by atoms with Crippen molar-refractivity contribution in [1.29, 1.82) is 0 Å². The van der Waals surface area contributed by atoms with E-state index in [1.165, 1.54) is 29.2 Å². The van der Waals surface area contributed by atoms with E-state index in [1.807, 2.05) is 88.4 Å². The van der Waals surface area contributed by atoms with Crippen molar-refractivity contribution in [2.24, 2.45) is 5.92 Å². The molecule has 4 rings (SSSR count). The second-order valence-electron chi connectivity index (χ2n) is 11.7. The Morgan fingerprint density at radius 2 is 1.52 bits per heavy atom. The summed E-state index contributed by atoms with van der Waals surface area (Å²) < 4.78 is 30.3. The van der Waals surface area contributed by atoms with E-state index in [-0.39, 0.29) is 29.7 Å². The summed E-state index contributed by atoms with van der Waals surface area (Å²) in [5.41, 5.74) is 3.87. The Balaban J connectivity index is 1.82. The zero-order valence-electron chi connectivity index (χ0n) is 26.4. The number of anilines is 1. The van der Waals surface area contributed by atoms with E-state index in [0.717, 1.165) is 31.0 Å². The molecule has 4 aromatic carbocycles. The molecule has 1 N–H and O–H groups in total.